The van der Waals surface area contributed by atoms with Crippen LogP contribution in [0, 0.1) is 10.8 Å². The van der Waals surface area contributed by atoms with Crippen LogP contribution in [-0.4, -0.2) is 54.4 Å². The minimum atomic E-state index is -0.893. The summed E-state index contributed by atoms with van der Waals surface area (Å²) >= 11 is 5.58. The second-order valence-electron chi connectivity index (χ2n) is 9.10. The molecule has 1 aliphatic rings. The molecule has 2 amide bonds. The molecule has 43 heavy (non-hydrogen) atoms. The van der Waals surface area contributed by atoms with Crippen LogP contribution in [0.3, 0.4) is 0 Å². The minimum Gasteiger partial charge on any atom is -0.451 e. The highest BCUT2D eigenvalue weighted by molar-refractivity contribution is 6.30. The van der Waals surface area contributed by atoms with E-state index in [1.165, 1.54) is 18.2 Å². The third-order valence-corrected chi connectivity index (χ3v) is 6.04. The standard InChI is InChI=1S/C10H6N2O4.C7H13NO.C6H7ClN2.C6H12O.C2H6/c11-9-6-3-5(10(14)12-15)1-2-7(6)16-8(9)4-13;1-2-5-8-6-3-4-7(8)9;1-8-6-3-2-5(7)4-9-6;1-3-4-6(2)5-7;1-2/h1-4H,11H2;2-6H2,1H3;2-4H,1H3,(H,8,9);5-6H,3-4H2,1-2H3;1-2H3/t;;;6-;/m...0./s1. The lowest BCUT2D eigenvalue weighted by Gasteiger charge is -2.12. The molecule has 0 radical (unpaired) electrons. The van der Waals surface area contributed by atoms with Gasteiger partial charge in [-0.05, 0) is 49.6 Å². The van der Waals surface area contributed by atoms with Gasteiger partial charge < -0.3 is 25.2 Å². The Labute approximate surface area is 258 Å². The van der Waals surface area contributed by atoms with Crippen LogP contribution in [0.1, 0.15) is 87.6 Å². The van der Waals surface area contributed by atoms with E-state index in [1.807, 2.05) is 38.8 Å². The van der Waals surface area contributed by atoms with Gasteiger partial charge in [0.2, 0.25) is 5.91 Å². The smallest absolute Gasteiger partial charge is 0.316 e. The first-order valence-electron chi connectivity index (χ1n) is 14.3. The fraction of sp³-hybridized carbons (Fsp3) is 0.452. The van der Waals surface area contributed by atoms with Gasteiger partial charge in [-0.15, -0.1) is 4.91 Å². The summed E-state index contributed by atoms with van der Waals surface area (Å²) in [6.45, 7) is 12.1. The quantitative estimate of drug-likeness (QED) is 0.197. The van der Waals surface area contributed by atoms with Gasteiger partial charge in [-0.2, -0.15) is 0 Å². The van der Waals surface area contributed by atoms with Gasteiger partial charge in [0.15, 0.2) is 12.0 Å². The first-order valence-corrected chi connectivity index (χ1v) is 14.7. The number of pyridine rings is 1. The second-order valence-corrected chi connectivity index (χ2v) is 9.54. The Balaban J connectivity index is 0.000000567. The van der Waals surface area contributed by atoms with E-state index >= 15 is 0 Å². The van der Waals surface area contributed by atoms with E-state index in [9.17, 15) is 24.1 Å². The summed E-state index contributed by atoms with van der Waals surface area (Å²) in [7, 11) is 1.82. The topological polar surface area (TPSA) is 165 Å². The lowest BCUT2D eigenvalue weighted by molar-refractivity contribution is -0.127. The minimum absolute atomic E-state index is 0.00124. The summed E-state index contributed by atoms with van der Waals surface area (Å²) < 4.78 is 5.10. The maximum absolute atomic E-state index is 11.0. The SMILES string of the molecule is CC.CCCN1CCCC1=O.CCC[C@H](C)C=O.CNc1ccc(Cl)cn1.Nc1c(C=O)oc2ccc(C(=O)N=O)cc12. The summed E-state index contributed by atoms with van der Waals surface area (Å²) in [6.07, 6.45) is 8.17. The Bertz CT molecular complexity index is 1280. The number of halogens is 1. The summed E-state index contributed by atoms with van der Waals surface area (Å²) in [5, 5.41) is 6.25. The zero-order chi connectivity index (χ0) is 32.8. The fourth-order valence-electron chi connectivity index (χ4n) is 3.67. The Hall–Kier alpha value is -4.12. The third-order valence-electron chi connectivity index (χ3n) is 5.82. The molecule has 3 heterocycles. The zero-order valence-corrected chi connectivity index (χ0v) is 26.6. The number of furan rings is 1. The number of hydrogen-bond donors (Lipinski definition) is 2. The van der Waals surface area contributed by atoms with Crippen molar-refractivity contribution in [2.45, 2.75) is 66.7 Å². The predicted octanol–water partition coefficient (Wildman–Crippen LogP) is 7.18. The molecule has 0 spiro atoms. The van der Waals surface area contributed by atoms with Crippen molar-refractivity contribution in [3.05, 3.63) is 57.8 Å². The molecular formula is C31H44ClN5O6. The molecule has 236 valence electrons. The first kappa shape index (κ1) is 38.9. The highest BCUT2D eigenvalue weighted by Gasteiger charge is 2.18. The summed E-state index contributed by atoms with van der Waals surface area (Å²) in [4.78, 5) is 58.3. The highest BCUT2D eigenvalue weighted by Crippen LogP contribution is 2.28. The average molecular weight is 618 g/mol. The molecule has 1 atom stereocenters. The molecule has 3 N–H and O–H groups in total. The number of nitroso groups, excluding NO2 is 1. The number of likely N-dealkylation sites (tertiary alicyclic amines) is 1. The number of aldehydes is 2. The van der Waals surface area contributed by atoms with Crippen molar-refractivity contribution >= 4 is 58.5 Å². The maximum Gasteiger partial charge on any atom is 0.316 e. The number of anilines is 2. The normalized spacial score (nSPS) is 12.1. The largest absolute Gasteiger partial charge is 0.451 e. The van der Waals surface area contributed by atoms with E-state index in [2.05, 4.69) is 29.3 Å². The van der Waals surface area contributed by atoms with Crippen LogP contribution in [0.15, 0.2) is 46.1 Å². The van der Waals surface area contributed by atoms with Crippen LogP contribution < -0.4 is 11.1 Å². The van der Waals surface area contributed by atoms with Crippen LogP contribution in [0.5, 0.6) is 0 Å². The summed E-state index contributed by atoms with van der Waals surface area (Å²) in [6, 6.07) is 7.81. The molecule has 0 saturated carbocycles. The number of amides is 2. The first-order chi connectivity index (χ1) is 20.6. The van der Waals surface area contributed by atoms with Crippen LogP contribution in [0.2, 0.25) is 5.02 Å². The molecule has 0 aliphatic carbocycles. The molecule has 4 rings (SSSR count). The van der Waals surface area contributed by atoms with E-state index < -0.39 is 5.91 Å². The molecule has 2 aromatic heterocycles. The van der Waals surface area contributed by atoms with E-state index in [-0.39, 0.29) is 22.9 Å². The van der Waals surface area contributed by atoms with Gasteiger partial charge in [0, 0.05) is 54.8 Å². The van der Waals surface area contributed by atoms with Crippen molar-refractivity contribution in [3.63, 3.8) is 0 Å². The van der Waals surface area contributed by atoms with Crippen LogP contribution in [0.4, 0.5) is 11.5 Å². The van der Waals surface area contributed by atoms with Gasteiger partial charge in [-0.1, -0.05) is 52.6 Å². The van der Waals surface area contributed by atoms with Gasteiger partial charge in [-0.3, -0.25) is 14.4 Å². The lowest BCUT2D eigenvalue weighted by Crippen LogP contribution is -2.24. The van der Waals surface area contributed by atoms with Gasteiger partial charge >= 0.3 is 5.91 Å². The Morgan fingerprint density at radius 3 is 2.35 bits per heavy atom. The molecular weight excluding hydrogens is 574 g/mol. The van der Waals surface area contributed by atoms with Gasteiger partial charge in [0.25, 0.3) is 0 Å². The summed E-state index contributed by atoms with van der Waals surface area (Å²) in [5.74, 6) is 0.551. The highest BCUT2D eigenvalue weighted by atomic mass is 35.5. The fourth-order valence-corrected chi connectivity index (χ4v) is 3.78. The molecule has 1 aliphatic heterocycles. The number of carbonyl (C=O) groups is 4. The Morgan fingerprint density at radius 2 is 1.91 bits per heavy atom. The number of nitrogens with one attached hydrogen (secondary N) is 1. The van der Waals surface area contributed by atoms with E-state index in [0.29, 0.717) is 28.2 Å². The molecule has 0 bridgehead atoms. The summed E-state index contributed by atoms with van der Waals surface area (Å²) in [5.41, 5.74) is 6.24. The van der Waals surface area contributed by atoms with E-state index in [0.717, 1.165) is 57.3 Å². The molecule has 1 saturated heterocycles. The lowest BCUT2D eigenvalue weighted by atomic mass is 10.1. The average Bonchev–Trinajstić information content (AvgIpc) is 3.60. The van der Waals surface area contributed by atoms with E-state index in [4.69, 9.17) is 21.8 Å². The van der Waals surface area contributed by atoms with Crippen molar-refractivity contribution in [1.29, 1.82) is 0 Å². The van der Waals surface area contributed by atoms with Gasteiger partial charge in [-0.25, -0.2) is 4.98 Å². The number of nitrogens with two attached hydrogens (primary N) is 1. The molecule has 12 heteroatoms. The van der Waals surface area contributed by atoms with Crippen molar-refractivity contribution in [1.82, 2.24) is 9.88 Å². The molecule has 1 fully saturated rings. The second kappa shape index (κ2) is 22.5. The van der Waals surface area contributed by atoms with Crippen LogP contribution in [-0.2, 0) is 9.59 Å². The third kappa shape index (κ3) is 14.1. The van der Waals surface area contributed by atoms with Crippen LogP contribution >= 0.6 is 11.6 Å². The predicted molar refractivity (Wildman–Crippen MR) is 173 cm³/mol. The number of aromatic nitrogens is 1. The number of nitrogen functional groups attached to an aromatic ring is 1. The monoisotopic (exact) mass is 617 g/mol. The Kier molecular flexibility index (Phi) is 20.3. The van der Waals surface area contributed by atoms with Crippen molar-refractivity contribution in [2.75, 3.05) is 31.2 Å². The van der Waals surface area contributed by atoms with Crippen molar-refractivity contribution in [3.8, 4) is 0 Å². The Morgan fingerprint density at radius 1 is 1.21 bits per heavy atom. The van der Waals surface area contributed by atoms with Crippen molar-refractivity contribution < 1.29 is 23.6 Å². The number of rotatable bonds is 8. The maximum atomic E-state index is 11.0. The number of carbonyl (C=O) groups excluding carboxylic acids is 4. The molecule has 1 aromatic carbocycles. The number of fused-ring (bicyclic) bond motifs is 1. The molecule has 3 aromatic rings. The van der Waals surface area contributed by atoms with Gasteiger partial charge in [0.1, 0.15) is 17.7 Å². The number of benzene rings is 1. The molecule has 0 unspecified atom stereocenters. The molecule has 11 nitrogen and oxygen atoms in total. The van der Waals surface area contributed by atoms with Gasteiger partial charge in [0.05, 0.1) is 10.7 Å². The van der Waals surface area contributed by atoms with Crippen LogP contribution in [0.25, 0.3) is 11.0 Å². The van der Waals surface area contributed by atoms with E-state index in [1.54, 1.807) is 12.3 Å². The number of hydrogen-bond acceptors (Lipinski definition) is 9. The van der Waals surface area contributed by atoms with Crippen molar-refractivity contribution in [2.24, 2.45) is 11.1 Å². The zero-order valence-electron chi connectivity index (χ0n) is 25.9. The number of nitrogens with zero attached hydrogens (tertiary/aromatic N) is 3.